The molecule has 5 rings (SSSR count). The number of aryl methyl sites for hydroxylation is 3. The van der Waals surface area contributed by atoms with Gasteiger partial charge < -0.3 is 14.1 Å². The van der Waals surface area contributed by atoms with Crippen molar-refractivity contribution in [3.63, 3.8) is 0 Å². The number of benzene rings is 2. The molecule has 1 atom stereocenters. The van der Waals surface area contributed by atoms with Crippen molar-refractivity contribution in [1.29, 1.82) is 0 Å². The number of morpholine rings is 1. The number of halogens is 1. The van der Waals surface area contributed by atoms with Crippen LogP contribution in [0.5, 0.6) is 0 Å². The lowest BCUT2D eigenvalue weighted by atomic mass is 10.0. The Hall–Kier alpha value is -3.58. The molecule has 7 heteroatoms. The van der Waals surface area contributed by atoms with Crippen molar-refractivity contribution in [2.45, 2.75) is 26.9 Å². The maximum Gasteiger partial charge on any atom is 0.290 e. The van der Waals surface area contributed by atoms with E-state index >= 15 is 0 Å². The molecular formula is C26H24FN3O3. The number of rotatable bonds is 3. The molecule has 0 N–H and O–H groups in total. The quantitative estimate of drug-likeness (QED) is 0.435. The van der Waals surface area contributed by atoms with E-state index in [-0.39, 0.29) is 11.7 Å². The molecule has 2 aromatic heterocycles. The molecule has 2 aromatic carbocycles. The largest absolute Gasteiger partial charge is 0.450 e. The number of furan rings is 1. The highest BCUT2D eigenvalue weighted by molar-refractivity contribution is 5.99. The predicted molar refractivity (Wildman–Crippen MR) is 122 cm³/mol. The van der Waals surface area contributed by atoms with Crippen LogP contribution in [0.2, 0.25) is 0 Å². The Kier molecular flexibility index (Phi) is 5.42. The van der Waals surface area contributed by atoms with Gasteiger partial charge in [0.05, 0.1) is 36.9 Å². The molecule has 1 saturated heterocycles. The monoisotopic (exact) mass is 445 g/mol. The average molecular weight is 445 g/mol. The summed E-state index contributed by atoms with van der Waals surface area (Å²) >= 11 is 0. The molecule has 0 radical (unpaired) electrons. The van der Waals surface area contributed by atoms with Crippen LogP contribution in [-0.4, -0.2) is 40.5 Å². The molecule has 0 unspecified atom stereocenters. The fraction of sp³-hybridized carbons (Fsp3) is 0.269. The second-order valence-corrected chi connectivity index (χ2v) is 8.36. The van der Waals surface area contributed by atoms with Gasteiger partial charge in [-0.2, -0.15) is 0 Å². The highest BCUT2D eigenvalue weighted by Gasteiger charge is 2.30. The molecule has 0 bridgehead atoms. The molecule has 1 fully saturated rings. The van der Waals surface area contributed by atoms with Gasteiger partial charge in [0.25, 0.3) is 5.91 Å². The number of nitrogens with zero attached hydrogens (tertiary/aromatic N) is 3. The standard InChI is InChI=1S/C26H24FN3O3/c1-15-8-9-18-17(3)25(33-24(18)16(15)2)26(31)30-10-11-32-23(14-30)22-13-28-12-21(29-22)19-6-4-5-7-20(19)27/h4-9,12-13,23H,10-11,14H2,1-3H3/t23-/m0/s1. The van der Waals surface area contributed by atoms with Gasteiger partial charge in [0, 0.05) is 23.1 Å². The van der Waals surface area contributed by atoms with Crippen LogP contribution < -0.4 is 0 Å². The van der Waals surface area contributed by atoms with Gasteiger partial charge in [-0.05, 0) is 44.0 Å². The van der Waals surface area contributed by atoms with Crippen LogP contribution in [0.4, 0.5) is 4.39 Å². The molecule has 1 amide bonds. The highest BCUT2D eigenvalue weighted by Crippen LogP contribution is 2.31. The smallest absolute Gasteiger partial charge is 0.290 e. The van der Waals surface area contributed by atoms with Crippen molar-refractivity contribution in [3.8, 4) is 11.3 Å². The van der Waals surface area contributed by atoms with Crippen molar-refractivity contribution < 1.29 is 18.3 Å². The first-order valence-electron chi connectivity index (χ1n) is 10.9. The van der Waals surface area contributed by atoms with Crippen LogP contribution in [0.1, 0.15) is 39.0 Å². The summed E-state index contributed by atoms with van der Waals surface area (Å²) < 4.78 is 26.2. The summed E-state index contributed by atoms with van der Waals surface area (Å²) in [6.45, 7) is 7.06. The summed E-state index contributed by atoms with van der Waals surface area (Å²) in [5.41, 5.74) is 5.10. The summed E-state index contributed by atoms with van der Waals surface area (Å²) in [7, 11) is 0. The molecule has 0 spiro atoms. The minimum absolute atomic E-state index is 0.174. The Bertz CT molecular complexity index is 1360. The molecular weight excluding hydrogens is 421 g/mol. The summed E-state index contributed by atoms with van der Waals surface area (Å²) in [6.07, 6.45) is 2.66. The van der Waals surface area contributed by atoms with Crippen molar-refractivity contribution in [2.75, 3.05) is 19.7 Å². The van der Waals surface area contributed by atoms with E-state index in [2.05, 4.69) is 9.97 Å². The van der Waals surface area contributed by atoms with Gasteiger partial charge in [0.1, 0.15) is 17.5 Å². The third-order valence-electron chi connectivity index (χ3n) is 6.31. The molecule has 1 aliphatic heterocycles. The molecule has 168 valence electrons. The van der Waals surface area contributed by atoms with Gasteiger partial charge in [-0.25, -0.2) is 9.37 Å². The highest BCUT2D eigenvalue weighted by atomic mass is 19.1. The van der Waals surface area contributed by atoms with E-state index in [0.29, 0.717) is 42.4 Å². The van der Waals surface area contributed by atoms with E-state index in [1.54, 1.807) is 29.3 Å². The average Bonchev–Trinajstić information content (AvgIpc) is 3.18. The first-order valence-corrected chi connectivity index (χ1v) is 10.9. The Morgan fingerprint density at radius 2 is 1.91 bits per heavy atom. The van der Waals surface area contributed by atoms with Gasteiger partial charge in [-0.3, -0.25) is 9.78 Å². The Balaban J connectivity index is 1.42. The maximum absolute atomic E-state index is 14.2. The second-order valence-electron chi connectivity index (χ2n) is 8.36. The fourth-order valence-electron chi connectivity index (χ4n) is 4.21. The Morgan fingerprint density at radius 1 is 1.09 bits per heavy atom. The van der Waals surface area contributed by atoms with E-state index in [4.69, 9.17) is 9.15 Å². The summed E-state index contributed by atoms with van der Waals surface area (Å²) in [6, 6.07) is 10.5. The van der Waals surface area contributed by atoms with Crippen LogP contribution in [-0.2, 0) is 4.74 Å². The van der Waals surface area contributed by atoms with Crippen molar-refractivity contribution >= 4 is 16.9 Å². The van der Waals surface area contributed by atoms with E-state index in [9.17, 15) is 9.18 Å². The van der Waals surface area contributed by atoms with Gasteiger partial charge in [-0.15, -0.1) is 0 Å². The zero-order valence-corrected chi connectivity index (χ0v) is 18.8. The number of amides is 1. The van der Waals surface area contributed by atoms with Gasteiger partial charge in [0.2, 0.25) is 0 Å². The molecule has 3 heterocycles. The lowest BCUT2D eigenvalue weighted by Gasteiger charge is -2.32. The summed E-state index contributed by atoms with van der Waals surface area (Å²) in [5.74, 6) is -0.186. The predicted octanol–water partition coefficient (Wildman–Crippen LogP) is 5.17. The molecule has 6 nitrogen and oxygen atoms in total. The van der Waals surface area contributed by atoms with E-state index in [1.165, 1.54) is 12.3 Å². The van der Waals surface area contributed by atoms with Crippen LogP contribution >= 0.6 is 0 Å². The number of hydrogen-bond acceptors (Lipinski definition) is 5. The topological polar surface area (TPSA) is 68.5 Å². The number of ether oxygens (including phenoxy) is 1. The number of hydrogen-bond donors (Lipinski definition) is 0. The van der Waals surface area contributed by atoms with E-state index in [1.807, 2.05) is 32.9 Å². The summed E-state index contributed by atoms with van der Waals surface area (Å²) in [4.78, 5) is 23.9. The van der Waals surface area contributed by atoms with Crippen LogP contribution in [0.25, 0.3) is 22.2 Å². The van der Waals surface area contributed by atoms with Gasteiger partial charge in [0.15, 0.2) is 5.76 Å². The molecule has 1 aliphatic rings. The number of carbonyl (C=O) groups excluding carboxylic acids is 1. The maximum atomic E-state index is 14.2. The zero-order valence-electron chi connectivity index (χ0n) is 18.8. The van der Waals surface area contributed by atoms with E-state index in [0.717, 1.165) is 27.7 Å². The number of aromatic nitrogens is 2. The van der Waals surface area contributed by atoms with Crippen LogP contribution in [0.3, 0.4) is 0 Å². The minimum atomic E-state index is -0.462. The number of carbonyl (C=O) groups is 1. The lowest BCUT2D eigenvalue weighted by molar-refractivity contribution is -0.0257. The van der Waals surface area contributed by atoms with E-state index < -0.39 is 6.10 Å². The first-order chi connectivity index (χ1) is 15.9. The third kappa shape index (κ3) is 3.78. The minimum Gasteiger partial charge on any atom is -0.450 e. The van der Waals surface area contributed by atoms with Gasteiger partial charge >= 0.3 is 0 Å². The van der Waals surface area contributed by atoms with Crippen LogP contribution in [0.15, 0.2) is 53.2 Å². The third-order valence-corrected chi connectivity index (χ3v) is 6.31. The molecule has 4 aromatic rings. The Morgan fingerprint density at radius 3 is 2.73 bits per heavy atom. The molecule has 0 aliphatic carbocycles. The van der Waals surface area contributed by atoms with Gasteiger partial charge in [-0.1, -0.05) is 24.3 Å². The Labute approximate surface area is 191 Å². The van der Waals surface area contributed by atoms with Crippen molar-refractivity contribution in [2.24, 2.45) is 0 Å². The number of fused-ring (bicyclic) bond motifs is 1. The lowest BCUT2D eigenvalue weighted by Crippen LogP contribution is -2.42. The molecule has 0 saturated carbocycles. The van der Waals surface area contributed by atoms with Crippen LogP contribution in [0, 0.1) is 26.6 Å². The summed E-state index contributed by atoms with van der Waals surface area (Å²) in [5, 5.41) is 0.953. The normalized spacial score (nSPS) is 16.4. The van der Waals surface area contributed by atoms with Crippen molar-refractivity contribution in [3.05, 3.63) is 82.8 Å². The zero-order chi connectivity index (χ0) is 23.1. The first kappa shape index (κ1) is 21.3. The molecule has 33 heavy (non-hydrogen) atoms. The van der Waals surface area contributed by atoms with Crippen molar-refractivity contribution in [1.82, 2.24) is 14.9 Å². The second kappa shape index (κ2) is 8.41. The SMILES string of the molecule is Cc1ccc2c(C)c(C(=O)N3CCO[C@H](c4cncc(-c5ccccc5F)n4)C3)oc2c1C. The fourth-order valence-corrected chi connectivity index (χ4v) is 4.21.